The van der Waals surface area contributed by atoms with Gasteiger partial charge in [-0.15, -0.1) is 5.10 Å². The van der Waals surface area contributed by atoms with Gasteiger partial charge in [0.1, 0.15) is 23.8 Å². The molecule has 0 bridgehead atoms. The molecule has 0 aliphatic carbocycles. The normalized spacial score (nSPS) is 18.6. The van der Waals surface area contributed by atoms with Crippen molar-refractivity contribution in [2.75, 3.05) is 6.54 Å². The number of H-pyrrole nitrogens is 1. The molecule has 1 aliphatic heterocycles. The number of likely N-dealkylation sites (tertiary alicyclic amines) is 1. The minimum atomic E-state index is -1.38. The Morgan fingerprint density at radius 3 is 2.63 bits per heavy atom. The van der Waals surface area contributed by atoms with Gasteiger partial charge in [-0.1, -0.05) is 31.2 Å². The number of rotatable bonds is 7. The molecule has 35 heavy (non-hydrogen) atoms. The maximum Gasteiger partial charge on any atom is 0.243 e. The lowest BCUT2D eigenvalue weighted by molar-refractivity contribution is -0.138. The molecule has 3 heterocycles. The van der Waals surface area contributed by atoms with Crippen molar-refractivity contribution in [2.45, 2.75) is 50.9 Å². The van der Waals surface area contributed by atoms with Gasteiger partial charge in [0.15, 0.2) is 0 Å². The van der Waals surface area contributed by atoms with Gasteiger partial charge in [0.25, 0.3) is 0 Å². The summed E-state index contributed by atoms with van der Waals surface area (Å²) in [6.07, 6.45) is 2.06. The fraction of sp³-hybridized carbons (Fsp3) is 0.375. The Labute approximate surface area is 199 Å². The summed E-state index contributed by atoms with van der Waals surface area (Å²) >= 11 is 0. The highest BCUT2D eigenvalue weighted by molar-refractivity contribution is 5.89. The maximum atomic E-state index is 14.8. The number of hydrogen-bond acceptors (Lipinski definition) is 5. The molecule has 8 nitrogen and oxygen atoms in total. The lowest BCUT2D eigenvalue weighted by atomic mass is 9.95. The molecule has 1 saturated heterocycles. The van der Waals surface area contributed by atoms with E-state index in [1.165, 1.54) is 29.4 Å². The van der Waals surface area contributed by atoms with E-state index in [2.05, 4.69) is 25.7 Å². The van der Waals surface area contributed by atoms with Gasteiger partial charge in [-0.05, 0) is 29.2 Å². The van der Waals surface area contributed by atoms with Crippen molar-refractivity contribution in [3.8, 4) is 0 Å². The molecule has 0 saturated carbocycles. The van der Waals surface area contributed by atoms with E-state index in [-0.39, 0.29) is 30.9 Å². The highest BCUT2D eigenvalue weighted by Crippen LogP contribution is 2.28. The molecule has 2 N–H and O–H groups in total. The standard InChI is InChI=1S/C24H25F3N6O2/c1-13(2)19-4-3-14(6-20(19)27)23(15-5-16(25)10-28-9-15)30-24(35)21-7-17(26)12-33(21)22(34)8-18-11-29-32-31-18/h3-6,9-11,13,17,21,23H,7-8,12H2,1-2H3,(H,30,35)(H,29,31,32)/t17-,21+,23-/m1/s1. The Bertz CT molecular complexity index is 1200. The topological polar surface area (TPSA) is 104 Å². The zero-order chi connectivity index (χ0) is 25.1. The van der Waals surface area contributed by atoms with Gasteiger partial charge in [-0.25, -0.2) is 13.2 Å². The number of halogens is 3. The SMILES string of the molecule is CC(C)c1ccc([C@@H](NC(=O)[C@@H]2C[C@@H](F)CN2C(=O)Cc2cnn[nH]2)c2cncc(F)c2)cc1F. The number of carbonyl (C=O) groups excluding carboxylic acids is 2. The predicted octanol–water partition coefficient (Wildman–Crippen LogP) is 2.99. The smallest absolute Gasteiger partial charge is 0.243 e. The summed E-state index contributed by atoms with van der Waals surface area (Å²) in [6.45, 7) is 3.47. The fourth-order valence-electron chi connectivity index (χ4n) is 4.25. The number of alkyl halides is 1. The largest absolute Gasteiger partial charge is 0.343 e. The first-order valence-corrected chi connectivity index (χ1v) is 11.2. The summed E-state index contributed by atoms with van der Waals surface area (Å²) < 4.78 is 43.1. The number of carbonyl (C=O) groups is 2. The molecule has 2 amide bonds. The first-order chi connectivity index (χ1) is 16.7. The first-order valence-electron chi connectivity index (χ1n) is 11.2. The van der Waals surface area contributed by atoms with E-state index in [4.69, 9.17) is 0 Å². The van der Waals surface area contributed by atoms with E-state index in [1.54, 1.807) is 12.1 Å². The van der Waals surface area contributed by atoms with Crippen LogP contribution < -0.4 is 5.32 Å². The van der Waals surface area contributed by atoms with Crippen LogP contribution in [0.5, 0.6) is 0 Å². The number of aromatic nitrogens is 4. The minimum absolute atomic E-state index is 0.0578. The highest BCUT2D eigenvalue weighted by atomic mass is 19.1. The van der Waals surface area contributed by atoms with Gasteiger partial charge in [0.2, 0.25) is 11.8 Å². The molecule has 1 fully saturated rings. The summed E-state index contributed by atoms with van der Waals surface area (Å²) in [5.74, 6) is -2.25. The van der Waals surface area contributed by atoms with Crippen LogP contribution in [0.2, 0.25) is 0 Å². The van der Waals surface area contributed by atoms with Gasteiger partial charge in [0.05, 0.1) is 37.1 Å². The molecular formula is C24H25F3N6O2. The Morgan fingerprint density at radius 2 is 1.97 bits per heavy atom. The van der Waals surface area contributed by atoms with Crippen molar-refractivity contribution in [1.29, 1.82) is 0 Å². The minimum Gasteiger partial charge on any atom is -0.343 e. The lowest BCUT2D eigenvalue weighted by Crippen LogP contribution is -2.47. The third kappa shape index (κ3) is 5.50. The first kappa shape index (κ1) is 24.4. The lowest BCUT2D eigenvalue weighted by Gasteiger charge is -2.27. The summed E-state index contributed by atoms with van der Waals surface area (Å²) in [4.78, 5) is 31.1. The summed E-state index contributed by atoms with van der Waals surface area (Å²) in [5.41, 5.74) is 1.58. The number of pyridine rings is 1. The molecule has 1 aromatic carbocycles. The van der Waals surface area contributed by atoms with Crippen LogP contribution in [0.4, 0.5) is 13.2 Å². The third-order valence-electron chi connectivity index (χ3n) is 6.01. The average molecular weight is 486 g/mol. The predicted molar refractivity (Wildman–Crippen MR) is 120 cm³/mol. The number of hydrogen-bond donors (Lipinski definition) is 2. The van der Waals surface area contributed by atoms with Crippen molar-refractivity contribution in [2.24, 2.45) is 0 Å². The van der Waals surface area contributed by atoms with E-state index >= 15 is 0 Å². The van der Waals surface area contributed by atoms with Gasteiger partial charge >= 0.3 is 0 Å². The monoisotopic (exact) mass is 486 g/mol. The molecule has 2 aromatic heterocycles. The Morgan fingerprint density at radius 1 is 1.17 bits per heavy atom. The highest BCUT2D eigenvalue weighted by Gasteiger charge is 2.40. The molecule has 184 valence electrons. The summed E-state index contributed by atoms with van der Waals surface area (Å²) in [7, 11) is 0. The molecule has 3 atom stereocenters. The number of aromatic amines is 1. The molecule has 11 heteroatoms. The number of amides is 2. The van der Waals surface area contributed by atoms with Crippen molar-refractivity contribution in [3.63, 3.8) is 0 Å². The third-order valence-corrected chi connectivity index (χ3v) is 6.01. The van der Waals surface area contributed by atoms with Crippen LogP contribution in [0.15, 0.2) is 42.9 Å². The number of benzene rings is 1. The molecule has 0 unspecified atom stereocenters. The quantitative estimate of drug-likeness (QED) is 0.535. The zero-order valence-corrected chi connectivity index (χ0v) is 19.2. The Balaban J connectivity index is 1.61. The van der Waals surface area contributed by atoms with Crippen molar-refractivity contribution >= 4 is 11.8 Å². The molecular weight excluding hydrogens is 461 g/mol. The van der Waals surface area contributed by atoms with Crippen LogP contribution in [0.25, 0.3) is 0 Å². The van der Waals surface area contributed by atoms with Gasteiger partial charge in [0, 0.05) is 18.2 Å². The Hall–Kier alpha value is -3.76. The number of nitrogens with one attached hydrogen (secondary N) is 2. The van der Waals surface area contributed by atoms with Crippen LogP contribution in [-0.2, 0) is 16.0 Å². The van der Waals surface area contributed by atoms with Crippen LogP contribution >= 0.6 is 0 Å². The van der Waals surface area contributed by atoms with E-state index in [0.29, 0.717) is 16.8 Å². The average Bonchev–Trinajstić information content (AvgIpc) is 3.46. The van der Waals surface area contributed by atoms with Crippen molar-refractivity contribution < 1.29 is 22.8 Å². The van der Waals surface area contributed by atoms with E-state index in [1.807, 2.05) is 13.8 Å². The second kappa shape index (κ2) is 10.2. The van der Waals surface area contributed by atoms with Crippen molar-refractivity contribution in [3.05, 3.63) is 76.9 Å². The molecule has 1 aliphatic rings. The summed E-state index contributed by atoms with van der Waals surface area (Å²) in [6, 6.07) is 3.68. The second-order valence-corrected chi connectivity index (χ2v) is 8.87. The molecule has 0 spiro atoms. The van der Waals surface area contributed by atoms with Crippen LogP contribution in [-0.4, -0.2) is 55.9 Å². The maximum absolute atomic E-state index is 14.8. The van der Waals surface area contributed by atoms with Crippen LogP contribution in [0.1, 0.15) is 54.6 Å². The number of nitrogens with zero attached hydrogens (tertiary/aromatic N) is 4. The molecule has 4 rings (SSSR count). The van der Waals surface area contributed by atoms with Gasteiger partial charge < -0.3 is 10.2 Å². The summed E-state index contributed by atoms with van der Waals surface area (Å²) in [5, 5.41) is 12.5. The van der Waals surface area contributed by atoms with E-state index < -0.39 is 41.7 Å². The molecule has 0 radical (unpaired) electrons. The van der Waals surface area contributed by atoms with E-state index in [0.717, 1.165) is 6.20 Å². The zero-order valence-electron chi connectivity index (χ0n) is 19.2. The fourth-order valence-corrected chi connectivity index (χ4v) is 4.25. The van der Waals surface area contributed by atoms with Gasteiger partial charge in [-0.2, -0.15) is 0 Å². The second-order valence-electron chi connectivity index (χ2n) is 8.87. The Kier molecular flexibility index (Phi) is 7.13. The van der Waals surface area contributed by atoms with Crippen LogP contribution in [0, 0.1) is 11.6 Å². The van der Waals surface area contributed by atoms with Gasteiger partial charge in [-0.3, -0.25) is 19.7 Å². The van der Waals surface area contributed by atoms with E-state index in [9.17, 15) is 22.8 Å². The van der Waals surface area contributed by atoms with Crippen molar-refractivity contribution in [1.82, 2.24) is 30.6 Å². The van der Waals surface area contributed by atoms with Crippen LogP contribution in [0.3, 0.4) is 0 Å². The molecule has 3 aromatic rings.